The van der Waals surface area contributed by atoms with E-state index in [1.54, 1.807) is 24.4 Å². The maximum atomic E-state index is 9.71. The second kappa shape index (κ2) is 4.85. The lowest BCUT2D eigenvalue weighted by Crippen LogP contribution is -1.82. The molecule has 0 amide bonds. The topological polar surface area (TPSA) is 61.3 Å². The second-order valence-electron chi connectivity index (χ2n) is 4.04. The zero-order valence-corrected chi connectivity index (χ0v) is 11.4. The van der Waals surface area contributed by atoms with Gasteiger partial charge in [0.2, 0.25) is 5.95 Å². The van der Waals surface area contributed by atoms with Gasteiger partial charge in [-0.2, -0.15) is 0 Å². The van der Waals surface area contributed by atoms with E-state index in [-0.39, 0.29) is 5.75 Å². The van der Waals surface area contributed by atoms with E-state index < -0.39 is 0 Å². The predicted molar refractivity (Wildman–Crippen MR) is 79.2 cm³/mol. The van der Waals surface area contributed by atoms with Crippen LogP contribution in [0.15, 0.2) is 51.9 Å². The Morgan fingerprint density at radius 3 is 2.89 bits per heavy atom. The molecule has 4 nitrogen and oxygen atoms in total. The molecular formula is C14H10BrN3O. The number of phenols is 1. The summed E-state index contributed by atoms with van der Waals surface area (Å²) in [5.41, 5.74) is 2.44. The average Bonchev–Trinajstić information content (AvgIpc) is 2.82. The summed E-state index contributed by atoms with van der Waals surface area (Å²) < 4.78 is 0.886. The maximum absolute atomic E-state index is 9.71. The Balaban J connectivity index is 1.95. The van der Waals surface area contributed by atoms with E-state index in [4.69, 9.17) is 0 Å². The summed E-state index contributed by atoms with van der Waals surface area (Å²) in [6.07, 6.45) is 1.58. The van der Waals surface area contributed by atoms with Crippen LogP contribution in [0, 0.1) is 0 Å². The standard InChI is InChI=1S/C14H10BrN3O/c15-10-5-6-13(19)9(7-10)8-16-14-17-11-3-1-2-4-12(11)18-14/h1-8,19H,(H,17,18)/b16-8+. The Bertz CT molecular complexity index is 731. The van der Waals surface area contributed by atoms with Crippen LogP contribution >= 0.6 is 15.9 Å². The third-order valence-electron chi connectivity index (χ3n) is 2.69. The van der Waals surface area contributed by atoms with Crippen molar-refractivity contribution in [1.82, 2.24) is 9.97 Å². The van der Waals surface area contributed by atoms with Crippen LogP contribution in [0.25, 0.3) is 11.0 Å². The fraction of sp³-hybridized carbons (Fsp3) is 0. The van der Waals surface area contributed by atoms with Crippen molar-refractivity contribution in [3.05, 3.63) is 52.5 Å². The van der Waals surface area contributed by atoms with Crippen LogP contribution in [-0.2, 0) is 0 Å². The van der Waals surface area contributed by atoms with Crippen LogP contribution in [0.3, 0.4) is 0 Å². The molecule has 0 saturated carbocycles. The highest BCUT2D eigenvalue weighted by Crippen LogP contribution is 2.21. The third kappa shape index (κ3) is 2.51. The van der Waals surface area contributed by atoms with Crippen LogP contribution in [0.5, 0.6) is 5.75 Å². The molecule has 5 heteroatoms. The quantitative estimate of drug-likeness (QED) is 0.707. The summed E-state index contributed by atoms with van der Waals surface area (Å²) in [6, 6.07) is 12.9. The van der Waals surface area contributed by atoms with Gasteiger partial charge in [0.15, 0.2) is 0 Å². The molecule has 0 radical (unpaired) electrons. The van der Waals surface area contributed by atoms with Crippen LogP contribution in [-0.4, -0.2) is 21.3 Å². The van der Waals surface area contributed by atoms with E-state index in [0.717, 1.165) is 15.5 Å². The number of imidazole rings is 1. The normalized spacial score (nSPS) is 11.4. The number of nitrogens with one attached hydrogen (secondary N) is 1. The molecule has 19 heavy (non-hydrogen) atoms. The van der Waals surface area contributed by atoms with Crippen LogP contribution < -0.4 is 0 Å². The van der Waals surface area contributed by atoms with Crippen molar-refractivity contribution in [3.8, 4) is 5.75 Å². The number of hydrogen-bond donors (Lipinski definition) is 2. The summed E-state index contributed by atoms with van der Waals surface area (Å²) in [7, 11) is 0. The van der Waals surface area contributed by atoms with Crippen molar-refractivity contribution in [1.29, 1.82) is 0 Å². The SMILES string of the molecule is Oc1ccc(Br)cc1/C=N/c1nc2ccccc2[nH]1. The molecule has 0 aliphatic heterocycles. The summed E-state index contributed by atoms with van der Waals surface area (Å²) in [6.45, 7) is 0. The minimum Gasteiger partial charge on any atom is -0.507 e. The molecule has 94 valence electrons. The Morgan fingerprint density at radius 2 is 2.05 bits per heavy atom. The lowest BCUT2D eigenvalue weighted by Gasteiger charge is -1.98. The Hall–Kier alpha value is -2.14. The van der Waals surface area contributed by atoms with Crippen molar-refractivity contribution in [2.45, 2.75) is 0 Å². The van der Waals surface area contributed by atoms with Crippen LogP contribution in [0.1, 0.15) is 5.56 Å². The van der Waals surface area contributed by atoms with Gasteiger partial charge < -0.3 is 10.1 Å². The average molecular weight is 316 g/mol. The first kappa shape index (κ1) is 11.9. The van der Waals surface area contributed by atoms with Crippen LogP contribution in [0.4, 0.5) is 5.95 Å². The number of aromatic hydroxyl groups is 1. The number of benzene rings is 2. The van der Waals surface area contributed by atoms with Gasteiger partial charge in [-0.25, -0.2) is 9.98 Å². The first-order valence-corrected chi connectivity index (χ1v) is 6.49. The Kier molecular flexibility index (Phi) is 3.05. The van der Waals surface area contributed by atoms with Gasteiger partial charge in [-0.3, -0.25) is 0 Å². The highest BCUT2D eigenvalue weighted by Gasteiger charge is 2.01. The number of rotatable bonds is 2. The van der Waals surface area contributed by atoms with E-state index in [1.807, 2.05) is 24.3 Å². The molecular weight excluding hydrogens is 306 g/mol. The second-order valence-corrected chi connectivity index (χ2v) is 4.95. The maximum Gasteiger partial charge on any atom is 0.227 e. The highest BCUT2D eigenvalue weighted by atomic mass is 79.9. The van der Waals surface area contributed by atoms with Gasteiger partial charge in [0.1, 0.15) is 5.75 Å². The van der Waals surface area contributed by atoms with E-state index in [1.165, 1.54) is 0 Å². The summed E-state index contributed by atoms with van der Waals surface area (Å²) in [4.78, 5) is 11.7. The molecule has 3 aromatic rings. The molecule has 0 aliphatic rings. The molecule has 0 spiro atoms. The molecule has 1 heterocycles. The van der Waals surface area contributed by atoms with E-state index in [2.05, 4.69) is 30.9 Å². The minimum atomic E-state index is 0.183. The first-order valence-electron chi connectivity index (χ1n) is 5.70. The van der Waals surface area contributed by atoms with Crippen molar-refractivity contribution in [3.63, 3.8) is 0 Å². The van der Waals surface area contributed by atoms with Gasteiger partial charge in [-0.1, -0.05) is 28.1 Å². The molecule has 0 unspecified atom stereocenters. The first-order chi connectivity index (χ1) is 9.22. The summed E-state index contributed by atoms with van der Waals surface area (Å²) in [5.74, 6) is 0.698. The predicted octanol–water partition coefficient (Wildman–Crippen LogP) is 3.78. The molecule has 0 bridgehead atoms. The summed E-state index contributed by atoms with van der Waals surface area (Å²) >= 11 is 3.35. The summed E-state index contributed by atoms with van der Waals surface area (Å²) in [5, 5.41) is 9.71. The van der Waals surface area contributed by atoms with Crippen molar-refractivity contribution in [2.24, 2.45) is 4.99 Å². The zero-order chi connectivity index (χ0) is 13.2. The van der Waals surface area contributed by atoms with Gasteiger partial charge in [-0.15, -0.1) is 0 Å². The number of nitrogens with zero attached hydrogens (tertiary/aromatic N) is 2. The smallest absolute Gasteiger partial charge is 0.227 e. The van der Waals surface area contributed by atoms with Gasteiger partial charge in [-0.05, 0) is 30.3 Å². The molecule has 2 aromatic carbocycles. The Morgan fingerprint density at radius 1 is 1.21 bits per heavy atom. The van der Waals surface area contributed by atoms with Gasteiger partial charge in [0.25, 0.3) is 0 Å². The number of halogens is 1. The van der Waals surface area contributed by atoms with E-state index in [0.29, 0.717) is 11.5 Å². The van der Waals surface area contributed by atoms with E-state index >= 15 is 0 Å². The van der Waals surface area contributed by atoms with Crippen molar-refractivity contribution >= 4 is 39.1 Å². The third-order valence-corrected chi connectivity index (χ3v) is 3.19. The zero-order valence-electron chi connectivity index (χ0n) is 9.84. The molecule has 1 aromatic heterocycles. The monoisotopic (exact) mass is 315 g/mol. The number of para-hydroxylation sites is 2. The number of H-pyrrole nitrogens is 1. The van der Waals surface area contributed by atoms with Crippen LogP contribution in [0.2, 0.25) is 0 Å². The lowest BCUT2D eigenvalue weighted by molar-refractivity contribution is 0.474. The van der Waals surface area contributed by atoms with Gasteiger partial charge in [0.05, 0.1) is 11.0 Å². The number of hydrogen-bond acceptors (Lipinski definition) is 3. The minimum absolute atomic E-state index is 0.183. The fourth-order valence-electron chi connectivity index (χ4n) is 1.76. The molecule has 0 fully saturated rings. The molecule has 0 aliphatic carbocycles. The number of fused-ring (bicyclic) bond motifs is 1. The highest BCUT2D eigenvalue weighted by molar-refractivity contribution is 9.10. The number of aliphatic imine (C=N–C) groups is 1. The number of phenolic OH excluding ortho intramolecular Hbond substituents is 1. The van der Waals surface area contributed by atoms with Gasteiger partial charge >= 0.3 is 0 Å². The molecule has 0 saturated heterocycles. The van der Waals surface area contributed by atoms with E-state index in [9.17, 15) is 5.11 Å². The largest absolute Gasteiger partial charge is 0.507 e. The molecule has 2 N–H and O–H groups in total. The van der Waals surface area contributed by atoms with Gasteiger partial charge in [0, 0.05) is 16.3 Å². The fourth-order valence-corrected chi connectivity index (χ4v) is 2.14. The molecule has 0 atom stereocenters. The molecule has 3 rings (SSSR count). The van der Waals surface area contributed by atoms with Crippen molar-refractivity contribution < 1.29 is 5.11 Å². The van der Waals surface area contributed by atoms with Crippen molar-refractivity contribution in [2.75, 3.05) is 0 Å². The lowest BCUT2D eigenvalue weighted by atomic mass is 10.2. The number of aromatic nitrogens is 2. The number of aromatic amines is 1. The Labute approximate surface area is 118 Å².